The predicted molar refractivity (Wildman–Crippen MR) is 99.2 cm³/mol. The van der Waals surface area contributed by atoms with E-state index in [2.05, 4.69) is 17.6 Å². The van der Waals surface area contributed by atoms with Gasteiger partial charge in [-0.25, -0.2) is 9.69 Å². The van der Waals surface area contributed by atoms with Gasteiger partial charge >= 0.3 is 6.03 Å². The average Bonchev–Trinajstić information content (AvgIpc) is 2.83. The van der Waals surface area contributed by atoms with Gasteiger partial charge in [-0.1, -0.05) is 51.9 Å². The highest BCUT2D eigenvalue weighted by Gasteiger charge is 2.60. The first-order valence-corrected chi connectivity index (χ1v) is 10.6. The van der Waals surface area contributed by atoms with Crippen LogP contribution < -0.4 is 10.6 Å². The molecule has 0 bridgehead atoms. The van der Waals surface area contributed by atoms with Crippen LogP contribution in [-0.2, 0) is 4.79 Å². The van der Waals surface area contributed by atoms with E-state index in [1.807, 2.05) is 0 Å². The third-order valence-corrected chi connectivity index (χ3v) is 6.41. The Morgan fingerprint density at radius 2 is 1.64 bits per heavy atom. The highest BCUT2D eigenvalue weighted by molar-refractivity contribution is 6.02. The van der Waals surface area contributed by atoms with E-state index in [9.17, 15) is 9.59 Å². The Balaban J connectivity index is 1.71. The van der Waals surface area contributed by atoms with Gasteiger partial charge in [-0.05, 0) is 44.9 Å². The van der Waals surface area contributed by atoms with Gasteiger partial charge in [-0.15, -0.1) is 0 Å². The normalized spacial score (nSPS) is 24.8. The molecule has 3 amide bonds. The van der Waals surface area contributed by atoms with Crippen LogP contribution in [0.4, 0.5) is 4.79 Å². The Kier molecular flexibility index (Phi) is 6.03. The molecule has 5 heteroatoms. The quantitative estimate of drug-likeness (QED) is 0.736. The highest BCUT2D eigenvalue weighted by atomic mass is 16.2. The fraction of sp³-hybridized carbons (Fsp3) is 0.900. The zero-order valence-electron chi connectivity index (χ0n) is 15.9. The highest BCUT2D eigenvalue weighted by Crippen LogP contribution is 2.44. The summed E-state index contributed by atoms with van der Waals surface area (Å²) in [7, 11) is 0. The Bertz CT molecular complexity index is 479. The number of nitrogens with one attached hydrogen (secondary N) is 2. The molecular weight excluding hydrogens is 314 g/mol. The van der Waals surface area contributed by atoms with E-state index in [4.69, 9.17) is 0 Å². The number of unbranched alkanes of at least 4 members (excludes halogenated alkanes) is 3. The van der Waals surface area contributed by atoms with Crippen molar-refractivity contribution in [2.45, 2.75) is 108 Å². The lowest BCUT2D eigenvalue weighted by molar-refractivity contribution is -0.133. The molecule has 2 aliphatic carbocycles. The number of rotatable bonds is 5. The summed E-state index contributed by atoms with van der Waals surface area (Å²) in [5, 5.41) is 6.76. The molecule has 1 aliphatic heterocycles. The number of hydrogen-bond donors (Lipinski definition) is 2. The minimum Gasteiger partial charge on any atom is -0.338 e. The van der Waals surface area contributed by atoms with E-state index in [1.54, 1.807) is 4.90 Å². The van der Waals surface area contributed by atoms with E-state index in [0.29, 0.717) is 6.54 Å². The van der Waals surface area contributed by atoms with Crippen LogP contribution >= 0.6 is 0 Å². The van der Waals surface area contributed by atoms with Crippen LogP contribution in [0.3, 0.4) is 0 Å². The summed E-state index contributed by atoms with van der Waals surface area (Å²) in [6.07, 6.45) is 14.9. The topological polar surface area (TPSA) is 61.4 Å². The Morgan fingerprint density at radius 1 is 1.00 bits per heavy atom. The predicted octanol–water partition coefficient (Wildman–Crippen LogP) is 4.07. The van der Waals surface area contributed by atoms with Gasteiger partial charge in [0.25, 0.3) is 5.91 Å². The summed E-state index contributed by atoms with van der Waals surface area (Å²) in [6.45, 7) is 2.86. The summed E-state index contributed by atoms with van der Waals surface area (Å²) < 4.78 is 0. The van der Waals surface area contributed by atoms with E-state index in [0.717, 1.165) is 64.2 Å². The second-order valence-corrected chi connectivity index (χ2v) is 8.29. The lowest BCUT2D eigenvalue weighted by Gasteiger charge is -2.40. The van der Waals surface area contributed by atoms with Crippen molar-refractivity contribution in [1.82, 2.24) is 15.5 Å². The van der Waals surface area contributed by atoms with Crippen molar-refractivity contribution >= 4 is 11.9 Å². The van der Waals surface area contributed by atoms with Crippen LogP contribution in [0.15, 0.2) is 0 Å². The molecular formula is C20H35N3O2. The summed E-state index contributed by atoms with van der Waals surface area (Å²) in [5.74, 6) is 0.0418. The second-order valence-electron chi connectivity index (χ2n) is 8.29. The van der Waals surface area contributed by atoms with Crippen molar-refractivity contribution < 1.29 is 9.59 Å². The van der Waals surface area contributed by atoms with Crippen molar-refractivity contribution in [3.63, 3.8) is 0 Å². The Morgan fingerprint density at radius 3 is 2.28 bits per heavy atom. The summed E-state index contributed by atoms with van der Waals surface area (Å²) in [4.78, 5) is 27.9. The van der Waals surface area contributed by atoms with E-state index in [-0.39, 0.29) is 11.9 Å². The molecule has 0 atom stereocenters. The van der Waals surface area contributed by atoms with Crippen molar-refractivity contribution in [1.29, 1.82) is 0 Å². The van der Waals surface area contributed by atoms with E-state index in [1.165, 1.54) is 25.7 Å². The molecule has 1 saturated heterocycles. The molecule has 142 valence electrons. The van der Waals surface area contributed by atoms with E-state index >= 15 is 0 Å². The number of carbonyl (C=O) groups is 2. The molecule has 0 radical (unpaired) electrons. The van der Waals surface area contributed by atoms with Crippen LogP contribution in [-0.4, -0.2) is 34.6 Å². The van der Waals surface area contributed by atoms with Gasteiger partial charge in [0.2, 0.25) is 0 Å². The number of carbonyl (C=O) groups excluding carboxylic acids is 2. The molecule has 0 aromatic heterocycles. The van der Waals surface area contributed by atoms with Gasteiger partial charge in [0.1, 0.15) is 11.2 Å². The SMILES string of the molecule is CCCCCCNC(=O)N1C(=O)C2(CCCCC2)NC12CCCCC2. The van der Waals surface area contributed by atoms with Crippen molar-refractivity contribution in [3.05, 3.63) is 0 Å². The molecule has 0 aromatic carbocycles. The number of hydrogen-bond acceptors (Lipinski definition) is 3. The first-order valence-electron chi connectivity index (χ1n) is 10.6. The minimum absolute atomic E-state index is 0.0418. The van der Waals surface area contributed by atoms with Gasteiger partial charge in [0, 0.05) is 6.54 Å². The maximum absolute atomic E-state index is 13.3. The molecule has 2 saturated carbocycles. The van der Waals surface area contributed by atoms with Gasteiger partial charge in [0.05, 0.1) is 0 Å². The summed E-state index contributed by atoms with van der Waals surface area (Å²) in [5.41, 5.74) is -0.907. The van der Waals surface area contributed by atoms with Crippen molar-refractivity contribution in [2.75, 3.05) is 6.54 Å². The average molecular weight is 350 g/mol. The lowest BCUT2D eigenvalue weighted by atomic mass is 9.81. The fourth-order valence-corrected chi connectivity index (χ4v) is 5.06. The maximum atomic E-state index is 13.3. The van der Waals surface area contributed by atoms with Crippen LogP contribution in [0.25, 0.3) is 0 Å². The number of nitrogens with zero attached hydrogens (tertiary/aromatic N) is 1. The number of amides is 3. The molecule has 3 aliphatic rings. The monoisotopic (exact) mass is 349 g/mol. The first kappa shape index (κ1) is 18.7. The van der Waals surface area contributed by atoms with E-state index < -0.39 is 11.2 Å². The summed E-state index contributed by atoms with van der Waals surface area (Å²) >= 11 is 0. The van der Waals surface area contributed by atoms with Gasteiger partial charge in [-0.2, -0.15) is 0 Å². The van der Waals surface area contributed by atoms with Crippen LogP contribution in [0.1, 0.15) is 96.8 Å². The van der Waals surface area contributed by atoms with Crippen LogP contribution in [0, 0.1) is 0 Å². The van der Waals surface area contributed by atoms with Crippen molar-refractivity contribution in [2.24, 2.45) is 0 Å². The molecule has 2 spiro atoms. The Hall–Kier alpha value is -1.10. The maximum Gasteiger partial charge on any atom is 0.325 e. The molecule has 3 fully saturated rings. The van der Waals surface area contributed by atoms with Crippen LogP contribution in [0.5, 0.6) is 0 Å². The van der Waals surface area contributed by atoms with Crippen LogP contribution in [0.2, 0.25) is 0 Å². The largest absolute Gasteiger partial charge is 0.338 e. The van der Waals surface area contributed by atoms with Gasteiger partial charge < -0.3 is 5.32 Å². The zero-order valence-corrected chi connectivity index (χ0v) is 15.9. The fourth-order valence-electron chi connectivity index (χ4n) is 5.06. The standard InChI is InChI=1S/C20H35N3O2/c1-2-3-4-11-16-21-18(25)23-17(24)19(12-7-5-8-13-19)22-20(23)14-9-6-10-15-20/h22H,2-16H2,1H3,(H,21,25). The smallest absolute Gasteiger partial charge is 0.325 e. The molecule has 5 nitrogen and oxygen atoms in total. The number of imide groups is 1. The molecule has 3 rings (SSSR count). The first-order chi connectivity index (χ1) is 12.1. The summed E-state index contributed by atoms with van der Waals surface area (Å²) in [6, 6.07) is -0.168. The number of urea groups is 1. The second kappa shape index (κ2) is 8.07. The molecule has 0 unspecified atom stereocenters. The van der Waals surface area contributed by atoms with Gasteiger partial charge in [0.15, 0.2) is 0 Å². The molecule has 1 heterocycles. The molecule has 2 N–H and O–H groups in total. The van der Waals surface area contributed by atoms with Gasteiger partial charge in [-0.3, -0.25) is 10.1 Å². The third kappa shape index (κ3) is 3.71. The third-order valence-electron chi connectivity index (χ3n) is 6.41. The molecule has 25 heavy (non-hydrogen) atoms. The molecule has 0 aromatic rings. The lowest BCUT2D eigenvalue weighted by Crippen LogP contribution is -2.59. The van der Waals surface area contributed by atoms with Crippen molar-refractivity contribution in [3.8, 4) is 0 Å². The Labute approximate surface area is 152 Å². The minimum atomic E-state index is -0.477. The zero-order chi connectivity index (χ0) is 17.8.